The summed E-state index contributed by atoms with van der Waals surface area (Å²) >= 11 is 1.61. The number of nitrogens with zero attached hydrogens (tertiary/aromatic N) is 2. The van der Waals surface area contributed by atoms with Gasteiger partial charge >= 0.3 is 5.69 Å². The summed E-state index contributed by atoms with van der Waals surface area (Å²) in [5.41, 5.74) is 3.27. The minimum atomic E-state index is -0.197. The fourth-order valence-electron chi connectivity index (χ4n) is 1.78. The zero-order chi connectivity index (χ0) is 12.5. The van der Waals surface area contributed by atoms with Gasteiger partial charge in [-0.15, -0.1) is 5.10 Å². The van der Waals surface area contributed by atoms with Crippen LogP contribution in [0.3, 0.4) is 0 Å². The van der Waals surface area contributed by atoms with Crippen molar-refractivity contribution in [2.75, 3.05) is 12.8 Å². The molecule has 3 N–H and O–H groups in total. The molecule has 0 atom stereocenters. The van der Waals surface area contributed by atoms with E-state index in [0.29, 0.717) is 0 Å². The van der Waals surface area contributed by atoms with Gasteiger partial charge < -0.3 is 15.3 Å². The van der Waals surface area contributed by atoms with Crippen LogP contribution < -0.4 is 11.0 Å². The lowest BCUT2D eigenvalue weighted by atomic mass is 10.1. The Hall–Kier alpha value is -2.02. The molecular formula is C11H11N5OS. The van der Waals surface area contributed by atoms with Crippen LogP contribution in [0.2, 0.25) is 0 Å². The topological polar surface area (TPSA) is 85.4 Å². The smallest absolute Gasteiger partial charge is 0.323 e. The SMILES string of the molecule is CNC1=NN=C(c2ccc3[nH]c(=O)[nH]c3c2)CS1. The summed E-state index contributed by atoms with van der Waals surface area (Å²) in [6.07, 6.45) is 0. The Balaban J connectivity index is 2.02. The number of hydrogen-bond acceptors (Lipinski definition) is 5. The molecule has 18 heavy (non-hydrogen) atoms. The third-order valence-corrected chi connectivity index (χ3v) is 3.65. The summed E-state index contributed by atoms with van der Waals surface area (Å²) in [7, 11) is 1.82. The van der Waals surface area contributed by atoms with Crippen LogP contribution in [0.5, 0.6) is 0 Å². The monoisotopic (exact) mass is 261 g/mol. The van der Waals surface area contributed by atoms with Crippen LogP contribution in [0.15, 0.2) is 33.2 Å². The number of aromatic amines is 2. The van der Waals surface area contributed by atoms with Gasteiger partial charge in [0.15, 0.2) is 5.17 Å². The van der Waals surface area contributed by atoms with Crippen LogP contribution in [0, 0.1) is 0 Å². The Morgan fingerprint density at radius 2 is 2.11 bits per heavy atom. The molecule has 1 aromatic carbocycles. The van der Waals surface area contributed by atoms with Gasteiger partial charge in [0.2, 0.25) is 0 Å². The highest BCUT2D eigenvalue weighted by Crippen LogP contribution is 2.17. The Morgan fingerprint density at radius 3 is 2.83 bits per heavy atom. The van der Waals surface area contributed by atoms with E-state index in [4.69, 9.17) is 0 Å². The van der Waals surface area contributed by atoms with E-state index in [1.165, 1.54) is 0 Å². The highest BCUT2D eigenvalue weighted by atomic mass is 32.2. The van der Waals surface area contributed by atoms with Crippen molar-refractivity contribution in [3.05, 3.63) is 34.2 Å². The van der Waals surface area contributed by atoms with Gasteiger partial charge in [0.1, 0.15) is 0 Å². The number of fused-ring (bicyclic) bond motifs is 1. The quantitative estimate of drug-likeness (QED) is 0.712. The molecule has 0 amide bonds. The Labute approximate surface area is 107 Å². The molecule has 1 aliphatic rings. The molecule has 92 valence electrons. The first-order chi connectivity index (χ1) is 8.76. The van der Waals surface area contributed by atoms with Gasteiger partial charge in [0.25, 0.3) is 0 Å². The lowest BCUT2D eigenvalue weighted by Crippen LogP contribution is -2.20. The van der Waals surface area contributed by atoms with Gasteiger partial charge in [0, 0.05) is 18.4 Å². The van der Waals surface area contributed by atoms with E-state index in [9.17, 15) is 4.79 Å². The molecule has 2 heterocycles. The molecule has 0 spiro atoms. The number of H-pyrrole nitrogens is 2. The van der Waals surface area contributed by atoms with Crippen molar-refractivity contribution in [2.24, 2.45) is 10.2 Å². The highest BCUT2D eigenvalue weighted by Gasteiger charge is 2.12. The molecule has 6 nitrogen and oxygen atoms in total. The second-order valence-corrected chi connectivity index (χ2v) is 4.79. The zero-order valence-corrected chi connectivity index (χ0v) is 10.5. The predicted molar refractivity (Wildman–Crippen MR) is 74.4 cm³/mol. The lowest BCUT2D eigenvalue weighted by Gasteiger charge is -2.11. The standard InChI is InChI=1S/C11H11N5OS/c1-12-11-16-15-9(5-18-11)6-2-3-7-8(4-6)14-10(17)13-7/h2-4H,5H2,1H3,(H,12,16)(H2,13,14,17). The largest absolute Gasteiger partial charge is 0.366 e. The number of benzene rings is 1. The first-order valence-electron chi connectivity index (χ1n) is 5.44. The van der Waals surface area contributed by atoms with Crippen molar-refractivity contribution in [3.63, 3.8) is 0 Å². The van der Waals surface area contributed by atoms with E-state index in [0.717, 1.165) is 33.2 Å². The minimum Gasteiger partial charge on any atom is -0.366 e. The second-order valence-electron chi connectivity index (χ2n) is 3.83. The number of aromatic nitrogens is 2. The molecule has 7 heteroatoms. The van der Waals surface area contributed by atoms with E-state index >= 15 is 0 Å². The maximum atomic E-state index is 11.2. The molecule has 0 saturated carbocycles. The summed E-state index contributed by atoms with van der Waals surface area (Å²) in [5.74, 6) is 0.764. The van der Waals surface area contributed by atoms with E-state index in [1.54, 1.807) is 11.8 Å². The summed E-state index contributed by atoms with van der Waals surface area (Å²) in [6, 6.07) is 5.71. The second kappa shape index (κ2) is 4.34. The maximum absolute atomic E-state index is 11.2. The van der Waals surface area contributed by atoms with Crippen LogP contribution in [0.4, 0.5) is 0 Å². The van der Waals surface area contributed by atoms with Crippen LogP contribution in [0.1, 0.15) is 5.56 Å². The zero-order valence-electron chi connectivity index (χ0n) is 9.65. The number of thioether (sulfide) groups is 1. The highest BCUT2D eigenvalue weighted by molar-refractivity contribution is 8.14. The van der Waals surface area contributed by atoms with Crippen molar-refractivity contribution in [1.29, 1.82) is 0 Å². The predicted octanol–water partition coefficient (Wildman–Crippen LogP) is 0.882. The molecule has 0 fully saturated rings. The summed E-state index contributed by atoms with van der Waals surface area (Å²) in [6.45, 7) is 0. The third-order valence-electron chi connectivity index (χ3n) is 2.67. The van der Waals surface area contributed by atoms with Gasteiger partial charge in [-0.1, -0.05) is 17.8 Å². The van der Waals surface area contributed by atoms with Gasteiger partial charge in [0.05, 0.1) is 16.7 Å². The number of hydrogen-bond donors (Lipinski definition) is 3. The molecule has 1 aliphatic heterocycles. The van der Waals surface area contributed by atoms with Crippen molar-refractivity contribution in [3.8, 4) is 0 Å². The molecular weight excluding hydrogens is 250 g/mol. The Kier molecular flexibility index (Phi) is 2.67. The summed E-state index contributed by atoms with van der Waals surface area (Å²) < 4.78 is 0. The average Bonchev–Trinajstić information content (AvgIpc) is 2.78. The molecule has 2 aromatic rings. The molecule has 0 bridgehead atoms. The van der Waals surface area contributed by atoms with Crippen LogP contribution in [-0.4, -0.2) is 33.6 Å². The van der Waals surface area contributed by atoms with Crippen molar-refractivity contribution < 1.29 is 0 Å². The van der Waals surface area contributed by atoms with E-state index in [1.807, 2.05) is 25.2 Å². The van der Waals surface area contributed by atoms with Crippen LogP contribution >= 0.6 is 11.8 Å². The molecule has 0 saturated heterocycles. The summed E-state index contributed by atoms with van der Waals surface area (Å²) in [5, 5.41) is 12.0. The first kappa shape index (κ1) is 11.1. The van der Waals surface area contributed by atoms with Crippen molar-refractivity contribution in [2.45, 2.75) is 0 Å². The third kappa shape index (κ3) is 1.92. The van der Waals surface area contributed by atoms with Crippen molar-refractivity contribution in [1.82, 2.24) is 15.3 Å². The van der Waals surface area contributed by atoms with Crippen LogP contribution in [0.25, 0.3) is 11.0 Å². The lowest BCUT2D eigenvalue weighted by molar-refractivity contribution is 1.13. The number of imidazole rings is 1. The van der Waals surface area contributed by atoms with Gasteiger partial charge in [-0.3, -0.25) is 0 Å². The Morgan fingerprint density at radius 1 is 1.28 bits per heavy atom. The van der Waals surface area contributed by atoms with E-state index < -0.39 is 0 Å². The first-order valence-corrected chi connectivity index (χ1v) is 6.42. The minimum absolute atomic E-state index is 0.197. The molecule has 1 aromatic heterocycles. The number of rotatable bonds is 1. The maximum Gasteiger partial charge on any atom is 0.323 e. The number of amidine groups is 1. The molecule has 0 unspecified atom stereocenters. The fraction of sp³-hybridized carbons (Fsp3) is 0.182. The van der Waals surface area contributed by atoms with E-state index in [2.05, 4.69) is 25.5 Å². The molecule has 0 aliphatic carbocycles. The number of nitrogens with one attached hydrogen (secondary N) is 3. The van der Waals surface area contributed by atoms with Gasteiger partial charge in [-0.05, 0) is 12.1 Å². The van der Waals surface area contributed by atoms with Gasteiger partial charge in [-0.25, -0.2) is 4.79 Å². The van der Waals surface area contributed by atoms with E-state index in [-0.39, 0.29) is 5.69 Å². The molecule has 0 radical (unpaired) electrons. The van der Waals surface area contributed by atoms with Crippen molar-refractivity contribution >= 4 is 33.7 Å². The van der Waals surface area contributed by atoms with Gasteiger partial charge in [-0.2, -0.15) is 5.10 Å². The molecule has 3 rings (SSSR count). The van der Waals surface area contributed by atoms with Crippen LogP contribution in [-0.2, 0) is 0 Å². The average molecular weight is 261 g/mol. The summed E-state index contributed by atoms with van der Waals surface area (Å²) in [4.78, 5) is 16.6. The Bertz CT molecular complexity index is 712. The normalized spacial score (nSPS) is 15.4. The fourth-order valence-corrected chi connectivity index (χ4v) is 2.52.